The summed E-state index contributed by atoms with van der Waals surface area (Å²) in [5, 5.41) is 3.02. The van der Waals surface area contributed by atoms with Crippen molar-refractivity contribution in [2.24, 2.45) is 15.9 Å². The number of hydrogen-bond donors (Lipinski definition) is 1. The summed E-state index contributed by atoms with van der Waals surface area (Å²) in [6.07, 6.45) is 1.02. The largest absolute Gasteiger partial charge is 0.349 e. The number of fused-ring (bicyclic) bond motifs is 1. The van der Waals surface area contributed by atoms with E-state index < -0.39 is 0 Å². The van der Waals surface area contributed by atoms with Crippen molar-refractivity contribution in [3.05, 3.63) is 17.3 Å². The Morgan fingerprint density at radius 1 is 1.70 bits per heavy atom. The predicted molar refractivity (Wildman–Crippen MR) is 82.5 cm³/mol. The molecule has 2 heterocycles. The summed E-state index contributed by atoms with van der Waals surface area (Å²) in [5.74, 6) is 1.04. The smallest absolute Gasteiger partial charge is 0.268 e. The molecule has 108 valence electrons. The molecule has 0 aromatic carbocycles. The minimum absolute atomic E-state index is 0.0724. The first-order valence-corrected chi connectivity index (χ1v) is 7.08. The molecule has 1 aliphatic heterocycles. The molecule has 1 aliphatic rings. The molecule has 1 N–H and O–H groups in total. The molecule has 1 aromatic heterocycles. The van der Waals surface area contributed by atoms with Crippen LogP contribution in [0.4, 0.5) is 5.82 Å². The van der Waals surface area contributed by atoms with Gasteiger partial charge in [-0.1, -0.05) is 20.3 Å². The van der Waals surface area contributed by atoms with Gasteiger partial charge in [-0.25, -0.2) is 9.98 Å². The summed E-state index contributed by atoms with van der Waals surface area (Å²) >= 11 is 5.88. The molecule has 5 nitrogen and oxygen atoms in total. The van der Waals surface area contributed by atoms with Crippen LogP contribution in [0, 0.1) is 12.8 Å². The van der Waals surface area contributed by atoms with E-state index in [1.54, 1.807) is 0 Å². The topological polar surface area (TPSA) is 58.8 Å². The van der Waals surface area contributed by atoms with Crippen LogP contribution < -0.4 is 5.32 Å². The number of nitrogens with one attached hydrogen (secondary N) is 1. The molecular formula is C14H19ClN4O. The van der Waals surface area contributed by atoms with E-state index in [1.807, 2.05) is 17.6 Å². The summed E-state index contributed by atoms with van der Waals surface area (Å²) in [7, 11) is 0. The molecule has 0 fully saturated rings. The number of amidine groups is 1. The molecule has 0 saturated heterocycles. The Labute approximate surface area is 123 Å². The first kappa shape index (κ1) is 14.8. The van der Waals surface area contributed by atoms with Gasteiger partial charge in [-0.05, 0) is 42.8 Å². The van der Waals surface area contributed by atoms with Crippen molar-refractivity contribution in [2.75, 3.05) is 6.54 Å². The molecule has 2 atom stereocenters. The minimum Gasteiger partial charge on any atom is -0.349 e. The standard InChI is InChI=1S/C14H19ClN4O/c1-5-8(2)11-7-17-13(20)10-6-9(3)12(19(10)11)18-14(15)16-4/h6,8,11H,4-5,7H2,1-3H3,(H,17,20)/t8?,11-/m1/s1. The van der Waals surface area contributed by atoms with Crippen LogP contribution in [0.5, 0.6) is 0 Å². The van der Waals surface area contributed by atoms with Crippen LogP contribution in [0.1, 0.15) is 42.4 Å². The predicted octanol–water partition coefficient (Wildman–Crippen LogP) is 3.05. The average Bonchev–Trinajstić information content (AvgIpc) is 2.76. The molecular weight excluding hydrogens is 276 g/mol. The summed E-state index contributed by atoms with van der Waals surface area (Å²) < 4.78 is 1.98. The number of aliphatic imine (C=N–C) groups is 2. The lowest BCUT2D eigenvalue weighted by Crippen LogP contribution is -2.41. The summed E-state index contributed by atoms with van der Waals surface area (Å²) in [5.41, 5.74) is 1.54. The second-order valence-corrected chi connectivity index (χ2v) is 5.45. The SMILES string of the molecule is C=NC(Cl)=Nc1c(C)cc2n1[C@@H](C(C)CC)CNC2=O. The Balaban J connectivity index is 2.60. The van der Waals surface area contributed by atoms with Gasteiger partial charge in [-0.3, -0.25) is 4.79 Å². The second-order valence-electron chi connectivity index (χ2n) is 5.11. The van der Waals surface area contributed by atoms with Crippen molar-refractivity contribution < 1.29 is 4.79 Å². The molecule has 0 aliphatic carbocycles. The van der Waals surface area contributed by atoms with Gasteiger partial charge < -0.3 is 9.88 Å². The number of halogens is 1. The summed E-state index contributed by atoms with van der Waals surface area (Å²) in [4.78, 5) is 19.9. The van der Waals surface area contributed by atoms with Gasteiger partial charge in [0.25, 0.3) is 5.91 Å². The number of hydrogen-bond acceptors (Lipinski definition) is 2. The molecule has 0 radical (unpaired) electrons. The third kappa shape index (κ3) is 2.50. The van der Waals surface area contributed by atoms with Crippen molar-refractivity contribution in [3.8, 4) is 0 Å². The van der Waals surface area contributed by atoms with E-state index in [2.05, 4.69) is 35.9 Å². The third-order valence-electron chi connectivity index (χ3n) is 3.86. The Kier molecular flexibility index (Phi) is 4.28. The molecule has 1 aromatic rings. The third-order valence-corrected chi connectivity index (χ3v) is 4.06. The highest BCUT2D eigenvalue weighted by Crippen LogP contribution is 2.35. The highest BCUT2D eigenvalue weighted by molar-refractivity contribution is 6.65. The van der Waals surface area contributed by atoms with Gasteiger partial charge in [0.15, 0.2) is 0 Å². The van der Waals surface area contributed by atoms with Crippen molar-refractivity contribution in [3.63, 3.8) is 0 Å². The zero-order chi connectivity index (χ0) is 14.9. The van der Waals surface area contributed by atoms with E-state index >= 15 is 0 Å². The second kappa shape index (κ2) is 5.79. The highest BCUT2D eigenvalue weighted by Gasteiger charge is 2.31. The van der Waals surface area contributed by atoms with E-state index in [-0.39, 0.29) is 17.2 Å². The van der Waals surface area contributed by atoms with Gasteiger partial charge in [-0.2, -0.15) is 0 Å². The van der Waals surface area contributed by atoms with Crippen molar-refractivity contribution in [1.29, 1.82) is 0 Å². The van der Waals surface area contributed by atoms with Crippen LogP contribution in [0.15, 0.2) is 16.1 Å². The van der Waals surface area contributed by atoms with Gasteiger partial charge in [0, 0.05) is 6.54 Å². The quantitative estimate of drug-likeness (QED) is 0.520. The fourth-order valence-electron chi connectivity index (χ4n) is 2.53. The van der Waals surface area contributed by atoms with E-state index in [0.717, 1.165) is 12.0 Å². The van der Waals surface area contributed by atoms with Gasteiger partial charge in [0.1, 0.15) is 11.5 Å². The van der Waals surface area contributed by atoms with Gasteiger partial charge in [0.2, 0.25) is 5.29 Å². The van der Waals surface area contributed by atoms with E-state index in [1.165, 1.54) is 0 Å². The normalized spacial score (nSPS) is 20.3. The number of aryl methyl sites for hydroxylation is 1. The average molecular weight is 295 g/mol. The number of amides is 1. The molecule has 0 spiro atoms. The fraction of sp³-hybridized carbons (Fsp3) is 0.500. The Morgan fingerprint density at radius 2 is 2.40 bits per heavy atom. The van der Waals surface area contributed by atoms with Crippen LogP contribution in [0.3, 0.4) is 0 Å². The first-order valence-electron chi connectivity index (χ1n) is 6.70. The van der Waals surface area contributed by atoms with Crippen molar-refractivity contribution in [2.45, 2.75) is 33.2 Å². The van der Waals surface area contributed by atoms with Gasteiger partial charge in [-0.15, -0.1) is 0 Å². The van der Waals surface area contributed by atoms with Crippen LogP contribution in [-0.4, -0.2) is 29.0 Å². The lowest BCUT2D eigenvalue weighted by Gasteiger charge is -2.31. The zero-order valence-electron chi connectivity index (χ0n) is 12.0. The van der Waals surface area contributed by atoms with Crippen molar-refractivity contribution in [1.82, 2.24) is 9.88 Å². The van der Waals surface area contributed by atoms with Crippen LogP contribution in [0.2, 0.25) is 0 Å². The summed E-state index contributed by atoms with van der Waals surface area (Å²) in [6.45, 7) is 10.2. The Bertz CT molecular complexity index is 576. The highest BCUT2D eigenvalue weighted by atomic mass is 35.5. The number of aromatic nitrogens is 1. The number of rotatable bonds is 3. The van der Waals surface area contributed by atoms with E-state index in [9.17, 15) is 4.79 Å². The maximum atomic E-state index is 12.0. The number of carbonyl (C=O) groups excluding carboxylic acids is 1. The van der Waals surface area contributed by atoms with E-state index in [4.69, 9.17) is 11.6 Å². The van der Waals surface area contributed by atoms with E-state index in [0.29, 0.717) is 24.0 Å². The molecule has 1 unspecified atom stereocenters. The summed E-state index contributed by atoms with van der Waals surface area (Å²) in [6, 6.07) is 2.02. The van der Waals surface area contributed by atoms with Crippen LogP contribution in [-0.2, 0) is 0 Å². The minimum atomic E-state index is -0.0724. The Hall–Kier alpha value is -1.62. The van der Waals surface area contributed by atoms with Gasteiger partial charge >= 0.3 is 0 Å². The maximum absolute atomic E-state index is 12.0. The van der Waals surface area contributed by atoms with Crippen LogP contribution in [0.25, 0.3) is 0 Å². The molecule has 0 bridgehead atoms. The van der Waals surface area contributed by atoms with Gasteiger partial charge in [0.05, 0.1) is 6.04 Å². The van der Waals surface area contributed by atoms with Crippen LogP contribution >= 0.6 is 11.6 Å². The fourth-order valence-corrected chi connectivity index (χ4v) is 2.61. The lowest BCUT2D eigenvalue weighted by molar-refractivity contribution is 0.0903. The zero-order valence-corrected chi connectivity index (χ0v) is 12.7. The number of carbonyl (C=O) groups is 1. The first-order chi connectivity index (χ1) is 9.49. The molecule has 0 saturated carbocycles. The lowest BCUT2D eigenvalue weighted by atomic mass is 9.97. The van der Waals surface area contributed by atoms with Crippen molar-refractivity contribution >= 4 is 35.3 Å². The number of nitrogens with zero attached hydrogens (tertiary/aromatic N) is 3. The monoisotopic (exact) mass is 294 g/mol. The molecule has 20 heavy (non-hydrogen) atoms. The molecule has 6 heteroatoms. The molecule has 1 amide bonds. The Morgan fingerprint density at radius 3 is 3.00 bits per heavy atom. The molecule has 2 rings (SSSR count). The maximum Gasteiger partial charge on any atom is 0.268 e.